The molecule has 1 N–H and O–H groups in total. The van der Waals surface area contributed by atoms with Crippen LogP contribution in [-0.4, -0.2) is 78.9 Å². The van der Waals surface area contributed by atoms with Crippen LogP contribution in [-0.2, 0) is 17.7 Å². The second-order valence-corrected chi connectivity index (χ2v) is 10.7. The fraction of sp³-hybridized carbons (Fsp3) is 0.400. The van der Waals surface area contributed by atoms with Gasteiger partial charge in [-0.05, 0) is 51.1 Å². The molecule has 11 heteroatoms. The molecular formula is C30H37N7O4. The first-order valence-corrected chi connectivity index (χ1v) is 13.8. The Kier molecular flexibility index (Phi) is 8.36. The van der Waals surface area contributed by atoms with Crippen molar-refractivity contribution in [2.75, 3.05) is 64.8 Å². The lowest BCUT2D eigenvalue weighted by Crippen LogP contribution is -2.29. The maximum absolute atomic E-state index is 12.1. The number of nitrogens with one attached hydrogen (secondary N) is 1. The minimum atomic E-state index is -0.348. The number of ether oxygens (including phenoxy) is 2. The lowest BCUT2D eigenvalue weighted by Gasteiger charge is -2.22. The molecule has 1 aliphatic rings. The third kappa shape index (κ3) is 5.96. The molecule has 0 unspecified atom stereocenters. The number of aryl methyl sites for hydroxylation is 3. The van der Waals surface area contributed by atoms with Gasteiger partial charge in [-0.2, -0.15) is 0 Å². The number of nitrogens with zero attached hydrogens (tertiary/aromatic N) is 6. The summed E-state index contributed by atoms with van der Waals surface area (Å²) < 4.78 is 13.5. The molecule has 4 aromatic rings. The van der Waals surface area contributed by atoms with E-state index in [1.807, 2.05) is 43.9 Å². The van der Waals surface area contributed by atoms with Crippen LogP contribution in [0.3, 0.4) is 0 Å². The fourth-order valence-corrected chi connectivity index (χ4v) is 5.27. The molecule has 11 nitrogen and oxygen atoms in total. The minimum absolute atomic E-state index is 0.0214. The number of anilines is 3. The number of nitro groups is 1. The molecule has 3 heterocycles. The zero-order valence-corrected chi connectivity index (χ0v) is 24.3. The SMILES string of the molecule is COCCOc1cnc(Nc2cc([N+](=O)[O-])c(N(C)CCN(C)C)cc2C)nc1-c1cn2c3c(cccc13)CCC2. The maximum atomic E-state index is 12.1. The van der Waals surface area contributed by atoms with Crippen LogP contribution in [0.25, 0.3) is 22.2 Å². The number of hydrogen-bond acceptors (Lipinski definition) is 9. The van der Waals surface area contributed by atoms with E-state index in [4.69, 9.17) is 14.5 Å². The summed E-state index contributed by atoms with van der Waals surface area (Å²) in [6.45, 7) is 5.10. The lowest BCUT2D eigenvalue weighted by atomic mass is 10.0. The average molecular weight is 560 g/mol. The number of likely N-dealkylation sites (N-methyl/N-ethyl adjacent to an activating group) is 2. The Morgan fingerprint density at radius 2 is 2.00 bits per heavy atom. The van der Waals surface area contributed by atoms with E-state index in [1.54, 1.807) is 19.4 Å². The number of rotatable bonds is 12. The molecule has 1 aliphatic heterocycles. The summed E-state index contributed by atoms with van der Waals surface area (Å²) in [4.78, 5) is 25.1. The number of benzene rings is 2. The highest BCUT2D eigenvalue weighted by atomic mass is 16.6. The van der Waals surface area contributed by atoms with Gasteiger partial charge >= 0.3 is 0 Å². The van der Waals surface area contributed by atoms with Gasteiger partial charge in [0.2, 0.25) is 5.95 Å². The summed E-state index contributed by atoms with van der Waals surface area (Å²) in [6.07, 6.45) is 5.93. The van der Waals surface area contributed by atoms with Crippen LogP contribution in [0.2, 0.25) is 0 Å². The van der Waals surface area contributed by atoms with Crippen molar-refractivity contribution in [3.05, 3.63) is 64.0 Å². The standard InChI is InChI=1S/C30H37N7O4/c1-20-16-25(35(4)13-12-34(2)3)26(37(38)39)17-24(20)32-30-31-18-27(41-15-14-40-5)28(33-30)23-19-36-11-7-9-21-8-6-10-22(23)29(21)36/h6,8,10,16-19H,7,9,11-15H2,1-5H3,(H,31,32,33). The van der Waals surface area contributed by atoms with Crippen molar-refractivity contribution in [1.29, 1.82) is 0 Å². The van der Waals surface area contributed by atoms with E-state index in [-0.39, 0.29) is 10.6 Å². The first-order valence-electron chi connectivity index (χ1n) is 13.8. The van der Waals surface area contributed by atoms with E-state index in [1.165, 1.54) is 11.1 Å². The van der Waals surface area contributed by atoms with Gasteiger partial charge in [0.1, 0.15) is 18.0 Å². The van der Waals surface area contributed by atoms with Crippen molar-refractivity contribution in [3.63, 3.8) is 0 Å². The molecule has 0 atom stereocenters. The Bertz CT molecular complexity index is 1570. The molecule has 0 saturated heterocycles. The van der Waals surface area contributed by atoms with Crippen LogP contribution >= 0.6 is 0 Å². The van der Waals surface area contributed by atoms with Crippen molar-refractivity contribution in [2.45, 2.75) is 26.3 Å². The molecule has 0 fully saturated rings. The molecule has 0 bridgehead atoms. The van der Waals surface area contributed by atoms with Gasteiger partial charge in [-0.15, -0.1) is 0 Å². The lowest BCUT2D eigenvalue weighted by molar-refractivity contribution is -0.384. The fourth-order valence-electron chi connectivity index (χ4n) is 5.27. The molecular weight excluding hydrogens is 522 g/mol. The van der Waals surface area contributed by atoms with Gasteiger partial charge in [0.25, 0.3) is 5.69 Å². The van der Waals surface area contributed by atoms with E-state index in [0.29, 0.717) is 48.5 Å². The third-order valence-electron chi connectivity index (χ3n) is 7.44. The number of aromatic nitrogens is 3. The summed E-state index contributed by atoms with van der Waals surface area (Å²) in [5, 5.41) is 16.4. The summed E-state index contributed by atoms with van der Waals surface area (Å²) in [5.74, 6) is 0.883. The van der Waals surface area contributed by atoms with Gasteiger partial charge in [-0.25, -0.2) is 9.97 Å². The van der Waals surface area contributed by atoms with Crippen molar-refractivity contribution in [3.8, 4) is 17.0 Å². The third-order valence-corrected chi connectivity index (χ3v) is 7.44. The smallest absolute Gasteiger partial charge is 0.294 e. The summed E-state index contributed by atoms with van der Waals surface area (Å²) in [6, 6.07) is 9.78. The maximum Gasteiger partial charge on any atom is 0.294 e. The van der Waals surface area contributed by atoms with Crippen LogP contribution in [0.4, 0.5) is 23.0 Å². The molecule has 0 aliphatic carbocycles. The summed E-state index contributed by atoms with van der Waals surface area (Å²) in [7, 11) is 7.46. The van der Waals surface area contributed by atoms with Crippen LogP contribution < -0.4 is 15.0 Å². The number of para-hydroxylation sites is 1. The Hall–Kier alpha value is -4.22. The Morgan fingerprint density at radius 1 is 1.17 bits per heavy atom. The van der Waals surface area contributed by atoms with E-state index in [2.05, 4.69) is 39.3 Å². The highest BCUT2D eigenvalue weighted by molar-refractivity contribution is 5.98. The van der Waals surface area contributed by atoms with E-state index < -0.39 is 0 Å². The van der Waals surface area contributed by atoms with Crippen LogP contribution in [0, 0.1) is 17.0 Å². The quantitative estimate of drug-likeness (QED) is 0.145. The zero-order valence-electron chi connectivity index (χ0n) is 24.3. The van der Waals surface area contributed by atoms with E-state index in [0.717, 1.165) is 42.4 Å². The van der Waals surface area contributed by atoms with Crippen molar-refractivity contribution in [2.24, 2.45) is 0 Å². The zero-order chi connectivity index (χ0) is 29.1. The largest absolute Gasteiger partial charge is 0.487 e. The van der Waals surface area contributed by atoms with Crippen LogP contribution in [0.1, 0.15) is 17.5 Å². The number of hydrogen-bond donors (Lipinski definition) is 1. The van der Waals surface area contributed by atoms with Crippen LogP contribution in [0.5, 0.6) is 5.75 Å². The van der Waals surface area contributed by atoms with Crippen LogP contribution in [0.15, 0.2) is 42.7 Å². The number of nitro benzene ring substituents is 1. The second kappa shape index (κ2) is 12.1. The highest BCUT2D eigenvalue weighted by Gasteiger charge is 2.23. The summed E-state index contributed by atoms with van der Waals surface area (Å²) >= 11 is 0. The van der Waals surface area contributed by atoms with Gasteiger partial charge in [0.05, 0.1) is 28.9 Å². The average Bonchev–Trinajstić information content (AvgIpc) is 3.33. The van der Waals surface area contributed by atoms with E-state index in [9.17, 15) is 10.1 Å². The highest BCUT2D eigenvalue weighted by Crippen LogP contribution is 2.39. The molecule has 2 aromatic carbocycles. The molecule has 2 aromatic heterocycles. The van der Waals surface area contributed by atoms with Gasteiger partial charge in [-0.3, -0.25) is 10.1 Å². The van der Waals surface area contributed by atoms with Gasteiger partial charge in [-0.1, -0.05) is 18.2 Å². The molecule has 216 valence electrons. The normalized spacial score (nSPS) is 12.6. The van der Waals surface area contributed by atoms with Gasteiger partial charge in [0, 0.05) is 57.0 Å². The predicted molar refractivity (Wildman–Crippen MR) is 162 cm³/mol. The monoisotopic (exact) mass is 559 g/mol. The van der Waals surface area contributed by atoms with Crippen molar-refractivity contribution >= 4 is 33.9 Å². The Morgan fingerprint density at radius 3 is 2.76 bits per heavy atom. The first kappa shape index (κ1) is 28.3. The van der Waals surface area contributed by atoms with Crippen molar-refractivity contribution < 1.29 is 14.4 Å². The van der Waals surface area contributed by atoms with Gasteiger partial charge in [0.15, 0.2) is 5.75 Å². The Balaban J connectivity index is 1.53. The molecule has 0 amide bonds. The van der Waals surface area contributed by atoms with Gasteiger partial charge < -0.3 is 29.2 Å². The van der Waals surface area contributed by atoms with E-state index >= 15 is 0 Å². The molecule has 0 spiro atoms. The second-order valence-electron chi connectivity index (χ2n) is 10.7. The topological polar surface area (TPSA) is 111 Å². The molecule has 41 heavy (non-hydrogen) atoms. The predicted octanol–water partition coefficient (Wildman–Crippen LogP) is 5.03. The minimum Gasteiger partial charge on any atom is -0.487 e. The number of methoxy groups -OCH3 is 1. The summed E-state index contributed by atoms with van der Waals surface area (Å²) in [5.41, 5.74) is 6.18. The molecule has 5 rings (SSSR count). The molecule has 0 saturated carbocycles. The Labute approximate surface area is 239 Å². The van der Waals surface area contributed by atoms with Crippen molar-refractivity contribution in [1.82, 2.24) is 19.4 Å². The molecule has 0 radical (unpaired) electrons. The first-order chi connectivity index (χ1) is 19.8.